The van der Waals surface area contributed by atoms with Crippen molar-refractivity contribution < 1.29 is 5.21 Å². The van der Waals surface area contributed by atoms with Gasteiger partial charge in [0.2, 0.25) is 0 Å². The second-order valence-electron chi connectivity index (χ2n) is 4.95. The number of hydrogen-bond acceptors (Lipinski definition) is 4. The van der Waals surface area contributed by atoms with Crippen LogP contribution in [-0.2, 0) is 6.42 Å². The molecule has 0 saturated heterocycles. The number of nitrogens with zero attached hydrogens (tertiary/aromatic N) is 2. The van der Waals surface area contributed by atoms with Crippen LogP contribution in [0.1, 0.15) is 29.0 Å². The SMILES string of the molecule is CC1c2ccsc2CCN1c1ccc(C(N)=NO)cc1. The Morgan fingerprint density at radius 1 is 1.35 bits per heavy atom. The summed E-state index contributed by atoms with van der Waals surface area (Å²) < 4.78 is 0. The van der Waals surface area contributed by atoms with Crippen molar-refractivity contribution in [3.05, 3.63) is 51.7 Å². The first kappa shape index (κ1) is 13.0. The van der Waals surface area contributed by atoms with E-state index in [1.807, 2.05) is 35.6 Å². The van der Waals surface area contributed by atoms with E-state index < -0.39 is 0 Å². The smallest absolute Gasteiger partial charge is 0.170 e. The Morgan fingerprint density at radius 2 is 2.10 bits per heavy atom. The molecule has 0 fully saturated rings. The van der Waals surface area contributed by atoms with E-state index in [4.69, 9.17) is 10.9 Å². The molecular formula is C15H17N3OS. The average molecular weight is 287 g/mol. The fourth-order valence-corrected chi connectivity index (χ4v) is 3.71. The van der Waals surface area contributed by atoms with Gasteiger partial charge in [-0.05, 0) is 54.6 Å². The van der Waals surface area contributed by atoms with E-state index in [2.05, 4.69) is 28.4 Å². The maximum absolute atomic E-state index is 8.69. The monoisotopic (exact) mass is 287 g/mol. The van der Waals surface area contributed by atoms with Gasteiger partial charge < -0.3 is 15.8 Å². The maximum Gasteiger partial charge on any atom is 0.170 e. The van der Waals surface area contributed by atoms with Gasteiger partial charge in [-0.15, -0.1) is 11.3 Å². The van der Waals surface area contributed by atoms with Crippen molar-refractivity contribution in [3.8, 4) is 0 Å². The van der Waals surface area contributed by atoms with E-state index in [0.29, 0.717) is 6.04 Å². The fourth-order valence-electron chi connectivity index (χ4n) is 2.74. The highest BCUT2D eigenvalue weighted by atomic mass is 32.1. The van der Waals surface area contributed by atoms with Crippen LogP contribution in [0.4, 0.5) is 5.69 Å². The van der Waals surface area contributed by atoms with E-state index >= 15 is 0 Å². The molecule has 0 aliphatic carbocycles. The van der Waals surface area contributed by atoms with Crippen LogP contribution < -0.4 is 10.6 Å². The molecule has 3 N–H and O–H groups in total. The first-order chi connectivity index (χ1) is 9.70. The molecule has 1 aromatic heterocycles. The summed E-state index contributed by atoms with van der Waals surface area (Å²) in [7, 11) is 0. The van der Waals surface area contributed by atoms with Crippen molar-refractivity contribution in [1.82, 2.24) is 0 Å². The van der Waals surface area contributed by atoms with Crippen molar-refractivity contribution in [2.24, 2.45) is 10.9 Å². The predicted molar refractivity (Wildman–Crippen MR) is 82.7 cm³/mol. The Hall–Kier alpha value is -2.01. The van der Waals surface area contributed by atoms with Crippen molar-refractivity contribution >= 4 is 22.9 Å². The highest BCUT2D eigenvalue weighted by molar-refractivity contribution is 7.10. The van der Waals surface area contributed by atoms with Gasteiger partial charge in [0, 0.05) is 22.7 Å². The van der Waals surface area contributed by atoms with E-state index in [1.165, 1.54) is 16.1 Å². The zero-order valence-corrected chi connectivity index (χ0v) is 12.1. The third-order valence-electron chi connectivity index (χ3n) is 3.88. The number of nitrogens with two attached hydrogens (primary N) is 1. The molecule has 0 radical (unpaired) electrons. The second-order valence-corrected chi connectivity index (χ2v) is 5.95. The van der Waals surface area contributed by atoms with Crippen LogP contribution in [0.3, 0.4) is 0 Å². The van der Waals surface area contributed by atoms with Crippen LogP contribution in [0.25, 0.3) is 0 Å². The molecule has 1 aromatic carbocycles. The van der Waals surface area contributed by atoms with Crippen molar-refractivity contribution in [2.75, 3.05) is 11.4 Å². The molecule has 2 heterocycles. The zero-order chi connectivity index (χ0) is 14.1. The molecular weight excluding hydrogens is 270 g/mol. The molecule has 5 heteroatoms. The number of hydrogen-bond donors (Lipinski definition) is 2. The van der Waals surface area contributed by atoms with Crippen LogP contribution in [-0.4, -0.2) is 17.6 Å². The topological polar surface area (TPSA) is 61.8 Å². The highest BCUT2D eigenvalue weighted by Gasteiger charge is 2.24. The standard InChI is InChI=1S/C15H17N3OS/c1-10-13-7-9-20-14(13)6-8-18(10)12-4-2-11(3-5-12)15(16)17-19/h2-5,7,9-10,19H,6,8H2,1H3,(H2,16,17). The maximum atomic E-state index is 8.69. The predicted octanol–water partition coefficient (Wildman–Crippen LogP) is 2.97. The molecule has 0 bridgehead atoms. The number of rotatable bonds is 2. The fraction of sp³-hybridized carbons (Fsp3) is 0.267. The summed E-state index contributed by atoms with van der Waals surface area (Å²) in [6, 6.07) is 10.4. The molecule has 20 heavy (non-hydrogen) atoms. The summed E-state index contributed by atoms with van der Waals surface area (Å²) in [6.07, 6.45) is 1.10. The Balaban J connectivity index is 1.87. The Bertz CT molecular complexity index is 633. The van der Waals surface area contributed by atoms with Crippen LogP contribution in [0, 0.1) is 0 Å². The van der Waals surface area contributed by atoms with Gasteiger partial charge in [-0.2, -0.15) is 0 Å². The molecule has 1 unspecified atom stereocenters. The van der Waals surface area contributed by atoms with Gasteiger partial charge in [-0.3, -0.25) is 0 Å². The van der Waals surface area contributed by atoms with Gasteiger partial charge in [0.25, 0.3) is 0 Å². The molecule has 0 saturated carbocycles. The lowest BCUT2D eigenvalue weighted by Crippen LogP contribution is -2.33. The minimum atomic E-state index is 0.142. The summed E-state index contributed by atoms with van der Waals surface area (Å²) in [6.45, 7) is 3.26. The minimum absolute atomic E-state index is 0.142. The number of benzene rings is 1. The lowest BCUT2D eigenvalue weighted by molar-refractivity contribution is 0.318. The van der Waals surface area contributed by atoms with Crippen LogP contribution in [0.5, 0.6) is 0 Å². The first-order valence-electron chi connectivity index (χ1n) is 6.61. The summed E-state index contributed by atoms with van der Waals surface area (Å²) in [5.74, 6) is 0.142. The molecule has 1 atom stereocenters. The Morgan fingerprint density at radius 3 is 2.80 bits per heavy atom. The molecule has 2 aromatic rings. The molecule has 104 valence electrons. The van der Waals surface area contributed by atoms with Crippen molar-refractivity contribution in [2.45, 2.75) is 19.4 Å². The van der Waals surface area contributed by atoms with E-state index in [0.717, 1.165) is 18.5 Å². The molecule has 1 aliphatic rings. The van der Waals surface area contributed by atoms with Crippen LogP contribution in [0.2, 0.25) is 0 Å². The average Bonchev–Trinajstić information content (AvgIpc) is 2.96. The van der Waals surface area contributed by atoms with Gasteiger partial charge in [-0.1, -0.05) is 5.16 Å². The Kier molecular flexibility index (Phi) is 3.36. The number of fused-ring (bicyclic) bond motifs is 1. The lowest BCUT2D eigenvalue weighted by atomic mass is 10.0. The van der Waals surface area contributed by atoms with Crippen LogP contribution in [0.15, 0.2) is 40.9 Å². The second kappa shape index (κ2) is 5.17. The third kappa shape index (κ3) is 2.14. The van der Waals surface area contributed by atoms with Gasteiger partial charge in [0.1, 0.15) is 0 Å². The Labute approximate surface area is 122 Å². The van der Waals surface area contributed by atoms with E-state index in [1.54, 1.807) is 0 Å². The lowest BCUT2D eigenvalue weighted by Gasteiger charge is -2.35. The van der Waals surface area contributed by atoms with Gasteiger partial charge in [0.15, 0.2) is 5.84 Å². The molecule has 4 nitrogen and oxygen atoms in total. The van der Waals surface area contributed by atoms with Gasteiger partial charge in [0.05, 0.1) is 6.04 Å². The van der Waals surface area contributed by atoms with E-state index in [9.17, 15) is 0 Å². The number of amidine groups is 1. The highest BCUT2D eigenvalue weighted by Crippen LogP contribution is 2.35. The van der Waals surface area contributed by atoms with E-state index in [-0.39, 0.29) is 5.84 Å². The normalized spacial score (nSPS) is 18.9. The number of oxime groups is 1. The molecule has 1 aliphatic heterocycles. The quantitative estimate of drug-likeness (QED) is 0.386. The summed E-state index contributed by atoms with van der Waals surface area (Å²) >= 11 is 1.85. The minimum Gasteiger partial charge on any atom is -0.409 e. The zero-order valence-electron chi connectivity index (χ0n) is 11.3. The van der Waals surface area contributed by atoms with Gasteiger partial charge >= 0.3 is 0 Å². The summed E-state index contributed by atoms with van der Waals surface area (Å²) in [5.41, 5.74) is 8.92. The molecule has 0 spiro atoms. The largest absolute Gasteiger partial charge is 0.409 e. The van der Waals surface area contributed by atoms with Crippen molar-refractivity contribution in [1.29, 1.82) is 0 Å². The van der Waals surface area contributed by atoms with Crippen LogP contribution >= 0.6 is 11.3 Å². The number of thiophene rings is 1. The first-order valence-corrected chi connectivity index (χ1v) is 7.49. The van der Waals surface area contributed by atoms with Crippen molar-refractivity contribution in [3.63, 3.8) is 0 Å². The number of anilines is 1. The molecule has 0 amide bonds. The third-order valence-corrected chi connectivity index (χ3v) is 4.88. The molecule has 3 rings (SSSR count). The van der Waals surface area contributed by atoms with Gasteiger partial charge in [-0.25, -0.2) is 0 Å². The summed E-state index contributed by atoms with van der Waals surface area (Å²) in [4.78, 5) is 3.90. The summed E-state index contributed by atoms with van der Waals surface area (Å²) in [5, 5.41) is 13.9.